The molecule has 1 amide bonds. The average molecular weight is 347 g/mol. The van der Waals surface area contributed by atoms with Gasteiger partial charge in [-0.2, -0.15) is 5.10 Å². The second-order valence-electron chi connectivity index (χ2n) is 6.08. The Balaban J connectivity index is 1.76. The summed E-state index contributed by atoms with van der Waals surface area (Å²) in [6, 6.07) is 19.4. The van der Waals surface area contributed by atoms with Gasteiger partial charge in [0.15, 0.2) is 0 Å². The van der Waals surface area contributed by atoms with Crippen LogP contribution in [-0.4, -0.2) is 33.3 Å². The number of amides is 1. The molecule has 0 aliphatic rings. The van der Waals surface area contributed by atoms with Crippen LogP contribution in [0.3, 0.4) is 0 Å². The third kappa shape index (κ3) is 3.83. The summed E-state index contributed by atoms with van der Waals surface area (Å²) in [4.78, 5) is 14.5. The van der Waals surface area contributed by atoms with Gasteiger partial charge < -0.3 is 9.64 Å². The molecule has 3 aromatic carbocycles. The molecule has 0 saturated carbocycles. The van der Waals surface area contributed by atoms with Crippen molar-refractivity contribution in [3.05, 3.63) is 71.8 Å². The highest BCUT2D eigenvalue weighted by atomic mass is 16.5. The van der Waals surface area contributed by atoms with E-state index in [-0.39, 0.29) is 5.91 Å². The van der Waals surface area contributed by atoms with E-state index in [1.807, 2.05) is 79.7 Å². The Morgan fingerprint density at radius 2 is 1.69 bits per heavy atom. The van der Waals surface area contributed by atoms with E-state index in [1.165, 1.54) is 0 Å². The maximum absolute atomic E-state index is 12.5. The van der Waals surface area contributed by atoms with Crippen LogP contribution in [0.2, 0.25) is 0 Å². The van der Waals surface area contributed by atoms with Crippen LogP contribution in [0.1, 0.15) is 15.9 Å². The highest BCUT2D eigenvalue weighted by Crippen LogP contribution is 2.25. The lowest BCUT2D eigenvalue weighted by atomic mass is 10.1. The molecule has 132 valence electrons. The molecule has 3 rings (SSSR count). The van der Waals surface area contributed by atoms with Crippen molar-refractivity contribution >= 4 is 28.6 Å². The number of hydrazone groups is 1. The number of nitrogens with zero attached hydrogens (tertiary/aromatic N) is 2. The number of benzene rings is 3. The second kappa shape index (κ2) is 7.70. The number of carbonyl (C=O) groups excluding carboxylic acids is 1. The minimum absolute atomic E-state index is 0.311. The van der Waals surface area contributed by atoms with Gasteiger partial charge in [-0.05, 0) is 40.6 Å². The van der Waals surface area contributed by atoms with Crippen LogP contribution in [0.15, 0.2) is 65.8 Å². The lowest BCUT2D eigenvalue weighted by Gasteiger charge is -2.11. The second-order valence-corrected chi connectivity index (χ2v) is 6.08. The summed E-state index contributed by atoms with van der Waals surface area (Å²) >= 11 is 0. The van der Waals surface area contributed by atoms with Gasteiger partial charge >= 0.3 is 0 Å². The number of fused-ring (bicyclic) bond motifs is 1. The summed E-state index contributed by atoms with van der Waals surface area (Å²) in [6.45, 7) is 0. The number of nitrogens with one attached hydrogen (secondary N) is 1. The zero-order valence-electron chi connectivity index (χ0n) is 15.1. The predicted molar refractivity (Wildman–Crippen MR) is 106 cm³/mol. The topological polar surface area (TPSA) is 53.9 Å². The van der Waals surface area contributed by atoms with Crippen LogP contribution < -0.4 is 15.1 Å². The molecule has 26 heavy (non-hydrogen) atoms. The monoisotopic (exact) mass is 347 g/mol. The van der Waals surface area contributed by atoms with E-state index in [0.29, 0.717) is 11.3 Å². The van der Waals surface area contributed by atoms with Crippen molar-refractivity contribution < 1.29 is 9.53 Å². The maximum Gasteiger partial charge on any atom is 0.275 e. The molecule has 0 aliphatic heterocycles. The van der Waals surface area contributed by atoms with E-state index >= 15 is 0 Å². The number of carbonyl (C=O) groups is 1. The molecular weight excluding hydrogens is 326 g/mol. The number of rotatable bonds is 5. The largest absolute Gasteiger partial charge is 0.496 e. The minimum atomic E-state index is -0.311. The summed E-state index contributed by atoms with van der Waals surface area (Å²) in [6.07, 6.45) is 1.62. The first kappa shape index (κ1) is 17.5. The van der Waals surface area contributed by atoms with Gasteiger partial charge in [-0.3, -0.25) is 4.79 Å². The molecule has 0 saturated heterocycles. The molecule has 0 aliphatic carbocycles. The molecule has 0 fully saturated rings. The Hall–Kier alpha value is -3.34. The normalized spacial score (nSPS) is 10.9. The SMILES string of the molecule is COc1cc2ccccc2cc1C(=O)NN=Cc1ccc(N(C)C)cc1. The molecular formula is C21H21N3O2. The molecule has 0 heterocycles. The molecule has 5 heteroatoms. The van der Waals surface area contributed by atoms with Crippen LogP contribution in [0.5, 0.6) is 5.75 Å². The van der Waals surface area contributed by atoms with E-state index in [1.54, 1.807) is 13.3 Å². The number of methoxy groups -OCH3 is 1. The number of ether oxygens (including phenoxy) is 1. The van der Waals surface area contributed by atoms with Gasteiger partial charge in [-0.25, -0.2) is 5.43 Å². The van der Waals surface area contributed by atoms with Gasteiger partial charge in [0.25, 0.3) is 5.91 Å². The molecule has 5 nitrogen and oxygen atoms in total. The number of hydrogen-bond acceptors (Lipinski definition) is 4. The van der Waals surface area contributed by atoms with E-state index in [4.69, 9.17) is 4.74 Å². The first-order valence-corrected chi connectivity index (χ1v) is 8.26. The van der Waals surface area contributed by atoms with Crippen molar-refractivity contribution in [1.82, 2.24) is 5.43 Å². The molecule has 0 atom stereocenters. The van der Waals surface area contributed by atoms with Crippen LogP contribution in [-0.2, 0) is 0 Å². The third-order valence-corrected chi connectivity index (χ3v) is 4.10. The lowest BCUT2D eigenvalue weighted by Crippen LogP contribution is -2.18. The highest BCUT2D eigenvalue weighted by Gasteiger charge is 2.13. The van der Waals surface area contributed by atoms with Gasteiger partial charge in [0.05, 0.1) is 18.9 Å². The molecule has 3 aromatic rings. The predicted octanol–water partition coefficient (Wildman–Crippen LogP) is 3.68. The standard InChI is InChI=1S/C21H21N3O2/c1-24(2)18-10-8-15(9-11-18)14-22-23-21(25)19-12-16-6-4-5-7-17(16)13-20(19)26-3/h4-14H,1-3H3,(H,23,25). The van der Waals surface area contributed by atoms with E-state index in [9.17, 15) is 4.79 Å². The van der Waals surface area contributed by atoms with Crippen molar-refractivity contribution in [1.29, 1.82) is 0 Å². The van der Waals surface area contributed by atoms with Gasteiger partial charge in [0.1, 0.15) is 5.75 Å². The van der Waals surface area contributed by atoms with Gasteiger partial charge in [0, 0.05) is 19.8 Å². The summed E-state index contributed by atoms with van der Waals surface area (Å²) in [5.41, 5.74) is 5.02. The van der Waals surface area contributed by atoms with Crippen LogP contribution in [0, 0.1) is 0 Å². The van der Waals surface area contributed by atoms with Crippen LogP contribution in [0.4, 0.5) is 5.69 Å². The summed E-state index contributed by atoms with van der Waals surface area (Å²) < 4.78 is 5.36. The fraction of sp³-hybridized carbons (Fsp3) is 0.143. The van der Waals surface area contributed by atoms with Gasteiger partial charge in [-0.1, -0.05) is 36.4 Å². The van der Waals surface area contributed by atoms with E-state index in [2.05, 4.69) is 10.5 Å². The Morgan fingerprint density at radius 3 is 2.31 bits per heavy atom. The summed E-state index contributed by atoms with van der Waals surface area (Å²) in [5.74, 6) is 0.209. The van der Waals surface area contributed by atoms with Crippen molar-refractivity contribution in [2.45, 2.75) is 0 Å². The maximum atomic E-state index is 12.5. The first-order chi connectivity index (χ1) is 12.6. The molecule has 0 aromatic heterocycles. The zero-order valence-corrected chi connectivity index (χ0v) is 15.1. The molecule has 0 unspecified atom stereocenters. The van der Waals surface area contributed by atoms with E-state index < -0.39 is 0 Å². The van der Waals surface area contributed by atoms with Crippen molar-refractivity contribution in [2.75, 3.05) is 26.1 Å². The number of anilines is 1. The summed E-state index contributed by atoms with van der Waals surface area (Å²) in [5, 5.41) is 6.05. The van der Waals surface area contributed by atoms with Gasteiger partial charge in [0.2, 0.25) is 0 Å². The Bertz CT molecular complexity index is 947. The Labute approximate surface area is 152 Å². The van der Waals surface area contributed by atoms with Crippen LogP contribution >= 0.6 is 0 Å². The highest BCUT2D eigenvalue weighted by molar-refractivity contribution is 6.01. The summed E-state index contributed by atoms with van der Waals surface area (Å²) in [7, 11) is 5.52. The minimum Gasteiger partial charge on any atom is -0.496 e. The van der Waals surface area contributed by atoms with Crippen molar-refractivity contribution in [3.63, 3.8) is 0 Å². The van der Waals surface area contributed by atoms with Crippen LogP contribution in [0.25, 0.3) is 10.8 Å². The third-order valence-electron chi connectivity index (χ3n) is 4.10. The van der Waals surface area contributed by atoms with E-state index in [0.717, 1.165) is 22.0 Å². The number of hydrogen-bond donors (Lipinski definition) is 1. The fourth-order valence-corrected chi connectivity index (χ4v) is 2.65. The average Bonchev–Trinajstić information content (AvgIpc) is 2.67. The Kier molecular flexibility index (Phi) is 5.17. The first-order valence-electron chi connectivity index (χ1n) is 8.26. The molecule has 1 N–H and O–H groups in total. The van der Waals surface area contributed by atoms with Gasteiger partial charge in [-0.15, -0.1) is 0 Å². The smallest absolute Gasteiger partial charge is 0.275 e. The Morgan fingerprint density at radius 1 is 1.04 bits per heavy atom. The fourth-order valence-electron chi connectivity index (χ4n) is 2.65. The zero-order chi connectivity index (χ0) is 18.5. The quantitative estimate of drug-likeness (QED) is 0.566. The molecule has 0 radical (unpaired) electrons. The van der Waals surface area contributed by atoms with Crippen molar-refractivity contribution in [3.8, 4) is 5.75 Å². The lowest BCUT2D eigenvalue weighted by molar-refractivity contribution is 0.0952. The molecule has 0 spiro atoms. The van der Waals surface area contributed by atoms with Crippen molar-refractivity contribution in [2.24, 2.45) is 5.10 Å². The molecule has 0 bridgehead atoms.